The van der Waals surface area contributed by atoms with E-state index in [1.165, 1.54) is 13.0 Å². The summed E-state index contributed by atoms with van der Waals surface area (Å²) in [5.41, 5.74) is 2.25. The first-order chi connectivity index (χ1) is 18.5. The normalized spacial score (nSPS) is 26.9. The van der Waals surface area contributed by atoms with Crippen molar-refractivity contribution in [3.8, 4) is 5.75 Å². The first kappa shape index (κ1) is 25.8. The van der Waals surface area contributed by atoms with E-state index in [9.17, 15) is 14.7 Å². The summed E-state index contributed by atoms with van der Waals surface area (Å²) in [6, 6.07) is 24.7. The van der Waals surface area contributed by atoms with Gasteiger partial charge in [-0.15, -0.1) is 0 Å². The minimum Gasteiger partial charge on any atom is -0.463 e. The lowest BCUT2D eigenvalue weighted by molar-refractivity contribution is -0.333. The highest BCUT2D eigenvalue weighted by Gasteiger charge is 2.50. The summed E-state index contributed by atoms with van der Waals surface area (Å²) in [7, 11) is 0. The molecule has 2 aliphatic rings. The summed E-state index contributed by atoms with van der Waals surface area (Å²) < 4.78 is 24.1. The van der Waals surface area contributed by atoms with Crippen LogP contribution in [0.3, 0.4) is 0 Å². The Kier molecular flexibility index (Phi) is 7.95. The van der Waals surface area contributed by atoms with E-state index in [1.54, 1.807) is 42.5 Å². The fourth-order valence-corrected chi connectivity index (χ4v) is 4.52. The number of aliphatic hydroxyl groups excluding tert-OH is 1. The number of aliphatic hydroxyl groups is 1. The van der Waals surface area contributed by atoms with Crippen LogP contribution in [0.5, 0.6) is 5.75 Å². The molecule has 1 amide bonds. The van der Waals surface area contributed by atoms with Gasteiger partial charge < -0.3 is 29.4 Å². The second-order valence-corrected chi connectivity index (χ2v) is 9.19. The third-order valence-electron chi connectivity index (χ3n) is 6.43. The third-order valence-corrected chi connectivity index (χ3v) is 6.43. The van der Waals surface area contributed by atoms with Crippen molar-refractivity contribution in [2.75, 3.05) is 6.61 Å². The number of amides is 1. The first-order valence-corrected chi connectivity index (χ1v) is 12.4. The molecular formula is C30H29NO7. The number of allylic oxidation sites excluding steroid dienone is 1. The Hall–Kier alpha value is -3.82. The summed E-state index contributed by atoms with van der Waals surface area (Å²) in [5.74, 6) is 0.0527. The number of carbonyl (C=O) groups is 2. The molecule has 2 fully saturated rings. The molecule has 8 nitrogen and oxygen atoms in total. The topological polar surface area (TPSA) is 103 Å². The molecule has 0 radical (unpaired) electrons. The Morgan fingerprint density at radius 3 is 2.32 bits per heavy atom. The van der Waals surface area contributed by atoms with Crippen molar-refractivity contribution in [2.45, 2.75) is 43.9 Å². The number of hydrogen-bond donors (Lipinski definition) is 2. The maximum atomic E-state index is 12.3. The van der Waals surface area contributed by atoms with Crippen LogP contribution >= 0.6 is 0 Å². The summed E-state index contributed by atoms with van der Waals surface area (Å²) in [6.07, 6.45) is -0.789. The van der Waals surface area contributed by atoms with E-state index in [0.29, 0.717) is 11.3 Å². The monoisotopic (exact) mass is 515 g/mol. The zero-order chi connectivity index (χ0) is 26.5. The number of ether oxygens (including phenoxy) is 4. The maximum Gasteiger partial charge on any atom is 0.223 e. The fourth-order valence-electron chi connectivity index (χ4n) is 4.52. The molecule has 0 aromatic heterocycles. The molecule has 0 unspecified atom stereocenters. The van der Waals surface area contributed by atoms with Crippen molar-refractivity contribution in [3.63, 3.8) is 0 Å². The SMILES string of the molecule is CC(=O)N[C@@H]1[C@H](Oc2ccc(/C=C/C(=O)c3ccccc3)cc2)O[C@@H]2CO[C@H](c3ccccc3)O[C@@H]2[C@@H]1O. The predicted octanol–water partition coefficient (Wildman–Crippen LogP) is 3.67. The van der Waals surface area contributed by atoms with Crippen LogP contribution in [0.4, 0.5) is 0 Å². The van der Waals surface area contributed by atoms with Gasteiger partial charge in [-0.1, -0.05) is 78.9 Å². The molecule has 0 spiro atoms. The van der Waals surface area contributed by atoms with Gasteiger partial charge in [0.25, 0.3) is 0 Å². The van der Waals surface area contributed by atoms with Crippen LogP contribution in [0.2, 0.25) is 0 Å². The summed E-state index contributed by atoms with van der Waals surface area (Å²) in [4.78, 5) is 24.3. The Morgan fingerprint density at radius 2 is 1.63 bits per heavy atom. The molecule has 2 saturated heterocycles. The van der Waals surface area contributed by atoms with Crippen LogP contribution in [-0.4, -0.2) is 54.0 Å². The number of hydrogen-bond acceptors (Lipinski definition) is 7. The lowest BCUT2D eigenvalue weighted by Gasteiger charge is -2.47. The molecular weight excluding hydrogens is 486 g/mol. The second-order valence-electron chi connectivity index (χ2n) is 9.19. The minimum absolute atomic E-state index is 0.0883. The molecule has 5 rings (SSSR count). The van der Waals surface area contributed by atoms with Crippen molar-refractivity contribution in [1.29, 1.82) is 0 Å². The van der Waals surface area contributed by atoms with Crippen molar-refractivity contribution in [3.05, 3.63) is 108 Å². The highest BCUT2D eigenvalue weighted by Crippen LogP contribution is 2.34. The molecule has 2 heterocycles. The van der Waals surface area contributed by atoms with E-state index in [1.807, 2.05) is 48.5 Å². The van der Waals surface area contributed by atoms with E-state index < -0.39 is 36.9 Å². The summed E-state index contributed by atoms with van der Waals surface area (Å²) in [6.45, 7) is 1.55. The van der Waals surface area contributed by atoms with Gasteiger partial charge in [0.1, 0.15) is 30.1 Å². The van der Waals surface area contributed by atoms with Crippen LogP contribution in [-0.2, 0) is 19.0 Å². The van der Waals surface area contributed by atoms with Gasteiger partial charge in [-0.3, -0.25) is 9.59 Å². The molecule has 8 heteroatoms. The van der Waals surface area contributed by atoms with Gasteiger partial charge in [-0.25, -0.2) is 0 Å². The number of nitrogens with one attached hydrogen (secondary N) is 1. The fraction of sp³-hybridized carbons (Fsp3) is 0.267. The quantitative estimate of drug-likeness (QED) is 0.366. The first-order valence-electron chi connectivity index (χ1n) is 12.4. The molecule has 38 heavy (non-hydrogen) atoms. The van der Waals surface area contributed by atoms with Crippen LogP contribution in [0.1, 0.15) is 34.7 Å². The minimum atomic E-state index is -1.09. The van der Waals surface area contributed by atoms with Gasteiger partial charge in [0.05, 0.1) is 6.61 Å². The van der Waals surface area contributed by atoms with E-state index in [0.717, 1.165) is 11.1 Å². The molecule has 0 bridgehead atoms. The second kappa shape index (κ2) is 11.7. The highest BCUT2D eigenvalue weighted by atomic mass is 16.7. The standard InChI is InChI=1S/C30H29NO7/c1-19(32)31-26-27(34)28-25(18-35-29(38-28)22-10-6-3-7-11-22)37-30(26)36-23-15-12-20(13-16-23)14-17-24(33)21-8-4-2-5-9-21/h2-17,25-30,34H,18H2,1H3,(H,31,32)/b17-14+/t25-,26+,27-,28+,29+,30-/m1/s1. The highest BCUT2D eigenvalue weighted by molar-refractivity contribution is 6.06. The molecule has 2 N–H and O–H groups in total. The zero-order valence-corrected chi connectivity index (χ0v) is 20.8. The lowest BCUT2D eigenvalue weighted by Crippen LogP contribution is -2.67. The molecule has 0 saturated carbocycles. The third kappa shape index (κ3) is 6.00. The van der Waals surface area contributed by atoms with E-state index in [-0.39, 0.29) is 18.3 Å². The van der Waals surface area contributed by atoms with Crippen molar-refractivity contribution in [1.82, 2.24) is 5.32 Å². The summed E-state index contributed by atoms with van der Waals surface area (Å²) >= 11 is 0. The number of ketones is 1. The Bertz CT molecular complexity index is 1260. The zero-order valence-electron chi connectivity index (χ0n) is 20.8. The van der Waals surface area contributed by atoms with E-state index in [4.69, 9.17) is 18.9 Å². The Labute approximate surface area is 220 Å². The van der Waals surface area contributed by atoms with Gasteiger partial charge in [0, 0.05) is 18.1 Å². The van der Waals surface area contributed by atoms with Crippen LogP contribution in [0.15, 0.2) is 91.0 Å². The number of rotatable bonds is 7. The van der Waals surface area contributed by atoms with Crippen LogP contribution < -0.4 is 10.1 Å². The van der Waals surface area contributed by atoms with E-state index in [2.05, 4.69) is 5.32 Å². The predicted molar refractivity (Wildman–Crippen MR) is 139 cm³/mol. The molecule has 2 aliphatic heterocycles. The number of fused-ring (bicyclic) bond motifs is 1. The Balaban J connectivity index is 1.26. The van der Waals surface area contributed by atoms with Crippen LogP contribution in [0, 0.1) is 0 Å². The van der Waals surface area contributed by atoms with Gasteiger partial charge >= 0.3 is 0 Å². The average molecular weight is 516 g/mol. The largest absolute Gasteiger partial charge is 0.463 e. The lowest BCUT2D eigenvalue weighted by atomic mass is 9.95. The van der Waals surface area contributed by atoms with E-state index >= 15 is 0 Å². The smallest absolute Gasteiger partial charge is 0.223 e. The number of benzene rings is 3. The van der Waals surface area contributed by atoms with Crippen LogP contribution in [0.25, 0.3) is 6.08 Å². The van der Waals surface area contributed by atoms with Gasteiger partial charge in [0.2, 0.25) is 12.2 Å². The summed E-state index contributed by atoms with van der Waals surface area (Å²) in [5, 5.41) is 13.9. The average Bonchev–Trinajstić information content (AvgIpc) is 2.95. The molecule has 3 aromatic carbocycles. The maximum absolute atomic E-state index is 12.3. The molecule has 6 atom stereocenters. The molecule has 196 valence electrons. The van der Waals surface area contributed by atoms with Gasteiger partial charge in [-0.05, 0) is 23.8 Å². The Morgan fingerprint density at radius 1 is 0.947 bits per heavy atom. The van der Waals surface area contributed by atoms with Gasteiger partial charge in [-0.2, -0.15) is 0 Å². The molecule has 0 aliphatic carbocycles. The molecule has 3 aromatic rings. The van der Waals surface area contributed by atoms with Gasteiger partial charge in [0.15, 0.2) is 12.1 Å². The number of carbonyl (C=O) groups excluding carboxylic acids is 2. The van der Waals surface area contributed by atoms with Crippen molar-refractivity contribution >= 4 is 17.8 Å². The van der Waals surface area contributed by atoms with Crippen molar-refractivity contribution in [2.24, 2.45) is 0 Å². The van der Waals surface area contributed by atoms with Crippen molar-refractivity contribution < 1.29 is 33.6 Å².